The molecule has 0 radical (unpaired) electrons. The largest absolute Gasteiger partial charge is 0.393 e. The summed E-state index contributed by atoms with van der Waals surface area (Å²) >= 11 is 0. The zero-order valence-corrected chi connectivity index (χ0v) is 10.8. The highest BCUT2D eigenvalue weighted by Gasteiger charge is 2.26. The topological polar surface area (TPSA) is 43.8 Å². The second-order valence-electron chi connectivity index (χ2n) is 5.36. The fraction of sp³-hybridized carbons (Fsp3) is 0.923. The quantitative estimate of drug-likeness (QED) is 0.739. The van der Waals surface area contributed by atoms with Gasteiger partial charge in [0.15, 0.2) is 0 Å². The van der Waals surface area contributed by atoms with Crippen LogP contribution in [0.3, 0.4) is 0 Å². The highest BCUT2D eigenvalue weighted by molar-refractivity contribution is 5.73. The highest BCUT2D eigenvalue weighted by Crippen LogP contribution is 2.24. The minimum atomic E-state index is -0.0769. The van der Waals surface area contributed by atoms with Crippen LogP contribution in [0, 0.1) is 0 Å². The molecule has 0 aromatic carbocycles. The summed E-state index contributed by atoms with van der Waals surface area (Å²) < 4.78 is 0. The van der Waals surface area contributed by atoms with Crippen LogP contribution in [0.25, 0.3) is 0 Å². The first-order valence-corrected chi connectivity index (χ1v) is 6.84. The number of rotatable bonds is 1. The van der Waals surface area contributed by atoms with Crippen molar-refractivity contribution in [3.05, 3.63) is 0 Å². The van der Waals surface area contributed by atoms with Crippen molar-refractivity contribution in [1.82, 2.24) is 9.80 Å². The second-order valence-corrected chi connectivity index (χ2v) is 5.36. The van der Waals surface area contributed by atoms with Gasteiger partial charge in [0.25, 0.3) is 0 Å². The Labute approximate surface area is 104 Å². The maximum atomic E-state index is 11.4. The van der Waals surface area contributed by atoms with Crippen LogP contribution in [0.2, 0.25) is 0 Å². The van der Waals surface area contributed by atoms with E-state index in [1.54, 1.807) is 6.92 Å². The van der Waals surface area contributed by atoms with Crippen molar-refractivity contribution < 1.29 is 9.90 Å². The standard InChI is InChI=1S/C13H24N2O2/c1-11(16)14-7-2-8-15(10-9-14)12-3-5-13(17)6-4-12/h12-13,17H,2-10H2,1H3. The van der Waals surface area contributed by atoms with Crippen molar-refractivity contribution in [2.75, 3.05) is 26.2 Å². The molecule has 1 heterocycles. The highest BCUT2D eigenvalue weighted by atomic mass is 16.3. The molecular weight excluding hydrogens is 216 g/mol. The maximum absolute atomic E-state index is 11.4. The minimum Gasteiger partial charge on any atom is -0.393 e. The van der Waals surface area contributed by atoms with E-state index in [-0.39, 0.29) is 12.0 Å². The smallest absolute Gasteiger partial charge is 0.219 e. The van der Waals surface area contributed by atoms with E-state index in [0.29, 0.717) is 6.04 Å². The molecule has 4 heteroatoms. The van der Waals surface area contributed by atoms with Gasteiger partial charge in [-0.1, -0.05) is 0 Å². The average molecular weight is 240 g/mol. The number of hydrogen-bond acceptors (Lipinski definition) is 3. The number of hydrogen-bond donors (Lipinski definition) is 1. The van der Waals surface area contributed by atoms with Crippen molar-refractivity contribution in [2.24, 2.45) is 0 Å². The van der Waals surface area contributed by atoms with Gasteiger partial charge in [0.05, 0.1) is 6.10 Å². The third-order valence-corrected chi connectivity index (χ3v) is 4.16. The van der Waals surface area contributed by atoms with E-state index >= 15 is 0 Å². The molecule has 1 aliphatic heterocycles. The molecule has 1 saturated carbocycles. The predicted octanol–water partition coefficient (Wildman–Crippen LogP) is 0.844. The van der Waals surface area contributed by atoms with Crippen LogP contribution in [-0.4, -0.2) is 59.1 Å². The van der Waals surface area contributed by atoms with Crippen LogP contribution >= 0.6 is 0 Å². The first-order valence-electron chi connectivity index (χ1n) is 6.84. The van der Waals surface area contributed by atoms with Gasteiger partial charge in [0, 0.05) is 39.1 Å². The molecule has 1 saturated heterocycles. The zero-order chi connectivity index (χ0) is 12.3. The van der Waals surface area contributed by atoms with Gasteiger partial charge in [0.2, 0.25) is 5.91 Å². The van der Waals surface area contributed by atoms with Gasteiger partial charge < -0.3 is 10.0 Å². The van der Waals surface area contributed by atoms with Gasteiger partial charge in [0.1, 0.15) is 0 Å². The maximum Gasteiger partial charge on any atom is 0.219 e. The Balaban J connectivity index is 1.84. The summed E-state index contributed by atoms with van der Waals surface area (Å²) in [7, 11) is 0. The van der Waals surface area contributed by atoms with E-state index in [2.05, 4.69) is 4.90 Å². The summed E-state index contributed by atoms with van der Waals surface area (Å²) in [6, 6.07) is 0.630. The third-order valence-electron chi connectivity index (χ3n) is 4.16. The molecule has 98 valence electrons. The summed E-state index contributed by atoms with van der Waals surface area (Å²) in [5, 5.41) is 9.52. The Bertz CT molecular complexity index is 262. The van der Waals surface area contributed by atoms with Crippen LogP contribution in [0.4, 0.5) is 0 Å². The normalized spacial score (nSPS) is 32.2. The molecule has 2 rings (SSSR count). The predicted molar refractivity (Wildman–Crippen MR) is 66.7 cm³/mol. The number of aliphatic hydroxyl groups is 1. The molecule has 0 aromatic rings. The van der Waals surface area contributed by atoms with Crippen molar-refractivity contribution in [1.29, 1.82) is 0 Å². The first kappa shape index (κ1) is 12.8. The fourth-order valence-corrected chi connectivity index (χ4v) is 3.04. The van der Waals surface area contributed by atoms with E-state index in [1.165, 1.54) is 0 Å². The monoisotopic (exact) mass is 240 g/mol. The van der Waals surface area contributed by atoms with Gasteiger partial charge in [-0.15, -0.1) is 0 Å². The van der Waals surface area contributed by atoms with E-state index in [4.69, 9.17) is 0 Å². The van der Waals surface area contributed by atoms with Gasteiger partial charge in [-0.05, 0) is 32.1 Å². The molecule has 0 spiro atoms. The fourth-order valence-electron chi connectivity index (χ4n) is 3.04. The molecule has 0 unspecified atom stereocenters. The molecule has 1 amide bonds. The summed E-state index contributed by atoms with van der Waals surface area (Å²) in [4.78, 5) is 15.8. The molecule has 0 bridgehead atoms. The molecule has 0 aromatic heterocycles. The van der Waals surface area contributed by atoms with Crippen molar-refractivity contribution in [3.63, 3.8) is 0 Å². The third kappa shape index (κ3) is 3.42. The van der Waals surface area contributed by atoms with Crippen LogP contribution in [-0.2, 0) is 4.79 Å². The number of carbonyl (C=O) groups excluding carboxylic acids is 1. The molecular formula is C13H24N2O2. The van der Waals surface area contributed by atoms with E-state index in [0.717, 1.165) is 58.3 Å². The lowest BCUT2D eigenvalue weighted by Crippen LogP contribution is -2.41. The summed E-state index contributed by atoms with van der Waals surface area (Å²) in [6.07, 6.45) is 5.11. The van der Waals surface area contributed by atoms with Gasteiger partial charge in [-0.2, -0.15) is 0 Å². The lowest BCUT2D eigenvalue weighted by Gasteiger charge is -2.34. The van der Waals surface area contributed by atoms with Crippen LogP contribution in [0.5, 0.6) is 0 Å². The number of carbonyl (C=O) groups is 1. The molecule has 2 aliphatic rings. The Morgan fingerprint density at radius 2 is 1.76 bits per heavy atom. The summed E-state index contributed by atoms with van der Waals surface area (Å²) in [6.45, 7) is 5.53. The van der Waals surface area contributed by atoms with E-state index in [1.807, 2.05) is 4.90 Å². The lowest BCUT2D eigenvalue weighted by atomic mass is 9.92. The molecule has 1 N–H and O–H groups in total. The number of nitrogens with zero attached hydrogens (tertiary/aromatic N) is 2. The number of amides is 1. The lowest BCUT2D eigenvalue weighted by molar-refractivity contribution is -0.128. The van der Waals surface area contributed by atoms with Crippen LogP contribution in [0.1, 0.15) is 39.0 Å². The SMILES string of the molecule is CC(=O)N1CCCN(C2CCC(O)CC2)CC1. The van der Waals surface area contributed by atoms with Gasteiger partial charge in [-0.25, -0.2) is 0 Å². The molecule has 4 nitrogen and oxygen atoms in total. The number of aliphatic hydroxyl groups excluding tert-OH is 1. The molecule has 1 aliphatic carbocycles. The Morgan fingerprint density at radius 3 is 2.41 bits per heavy atom. The van der Waals surface area contributed by atoms with Crippen molar-refractivity contribution in [2.45, 2.75) is 51.2 Å². The van der Waals surface area contributed by atoms with E-state index in [9.17, 15) is 9.90 Å². The Kier molecular flexibility index (Phi) is 4.40. The molecule has 0 atom stereocenters. The molecule has 17 heavy (non-hydrogen) atoms. The van der Waals surface area contributed by atoms with Crippen molar-refractivity contribution >= 4 is 5.91 Å². The minimum absolute atomic E-state index is 0.0769. The second kappa shape index (κ2) is 5.83. The average Bonchev–Trinajstić information content (AvgIpc) is 2.55. The zero-order valence-electron chi connectivity index (χ0n) is 10.8. The molecule has 2 fully saturated rings. The van der Waals surface area contributed by atoms with Crippen LogP contribution < -0.4 is 0 Å². The van der Waals surface area contributed by atoms with E-state index < -0.39 is 0 Å². The Morgan fingerprint density at radius 1 is 1.06 bits per heavy atom. The first-order chi connectivity index (χ1) is 8.16. The van der Waals surface area contributed by atoms with Crippen LogP contribution in [0.15, 0.2) is 0 Å². The van der Waals surface area contributed by atoms with Gasteiger partial charge >= 0.3 is 0 Å². The Hall–Kier alpha value is -0.610. The summed E-state index contributed by atoms with van der Waals surface area (Å²) in [5.41, 5.74) is 0. The van der Waals surface area contributed by atoms with Crippen molar-refractivity contribution in [3.8, 4) is 0 Å². The van der Waals surface area contributed by atoms with Gasteiger partial charge in [-0.3, -0.25) is 9.69 Å². The summed E-state index contributed by atoms with van der Waals surface area (Å²) in [5.74, 6) is 0.200.